The summed E-state index contributed by atoms with van der Waals surface area (Å²) in [6.07, 6.45) is 6.40. The summed E-state index contributed by atoms with van der Waals surface area (Å²) in [5, 5.41) is 0.974. The van der Waals surface area contributed by atoms with E-state index in [1.807, 2.05) is 26.2 Å². The van der Waals surface area contributed by atoms with Gasteiger partial charge in [0.05, 0.1) is 22.6 Å². The van der Waals surface area contributed by atoms with Gasteiger partial charge < -0.3 is 14.6 Å². The molecule has 0 bridgehead atoms. The smallest absolute Gasteiger partial charge is 0.213 e. The lowest BCUT2D eigenvalue weighted by molar-refractivity contribution is 0.282. The Bertz CT molecular complexity index is 1060. The molecule has 0 amide bonds. The van der Waals surface area contributed by atoms with E-state index in [1.54, 1.807) is 18.5 Å². The summed E-state index contributed by atoms with van der Waals surface area (Å²) < 4.78 is 30.6. The number of rotatable bonds is 7. The molecule has 9 heteroatoms. The molecule has 148 valence electrons. The Balaban J connectivity index is 1.39. The van der Waals surface area contributed by atoms with Crippen molar-refractivity contribution in [1.82, 2.24) is 19.9 Å². The molecule has 1 aliphatic rings. The van der Waals surface area contributed by atoms with E-state index in [0.29, 0.717) is 12.5 Å². The molecular formula is C19H23N5O3S. The van der Waals surface area contributed by atoms with Crippen LogP contribution < -0.4 is 9.64 Å². The molecule has 0 aromatic carbocycles. The Morgan fingerprint density at radius 2 is 2.04 bits per heavy atom. The quantitative estimate of drug-likeness (QED) is 0.649. The van der Waals surface area contributed by atoms with Crippen LogP contribution in [0.2, 0.25) is 0 Å². The Labute approximate surface area is 163 Å². The number of ether oxygens (including phenoxy) is 1. The number of nitrogens with one attached hydrogen (secondary N) is 1. The highest BCUT2D eigenvalue weighted by atomic mass is 32.2. The van der Waals surface area contributed by atoms with Gasteiger partial charge >= 0.3 is 0 Å². The van der Waals surface area contributed by atoms with Crippen LogP contribution in [0.15, 0.2) is 41.8 Å². The van der Waals surface area contributed by atoms with Crippen LogP contribution in [0.25, 0.3) is 11.0 Å². The molecule has 0 atom stereocenters. The highest BCUT2D eigenvalue weighted by Crippen LogP contribution is 2.36. The number of nitrogens with zero attached hydrogens (tertiary/aromatic N) is 4. The van der Waals surface area contributed by atoms with Gasteiger partial charge in [0.1, 0.15) is 17.8 Å². The van der Waals surface area contributed by atoms with Gasteiger partial charge in [-0.15, -0.1) is 0 Å². The molecule has 8 nitrogen and oxygen atoms in total. The minimum Gasteiger partial charge on any atom is -0.478 e. The van der Waals surface area contributed by atoms with E-state index in [-0.39, 0.29) is 22.6 Å². The minimum absolute atomic E-state index is 0.132. The zero-order valence-corrected chi connectivity index (χ0v) is 16.7. The lowest BCUT2D eigenvalue weighted by atomic mass is 9.81. The van der Waals surface area contributed by atoms with Crippen molar-refractivity contribution in [2.45, 2.75) is 30.7 Å². The summed E-state index contributed by atoms with van der Waals surface area (Å²) in [4.78, 5) is 18.1. The van der Waals surface area contributed by atoms with E-state index in [1.165, 1.54) is 6.20 Å². The molecule has 1 N–H and O–H groups in total. The number of hydrogen-bond donors (Lipinski definition) is 1. The third kappa shape index (κ3) is 3.54. The van der Waals surface area contributed by atoms with Gasteiger partial charge in [0, 0.05) is 31.5 Å². The molecule has 3 aromatic rings. The van der Waals surface area contributed by atoms with Crippen LogP contribution in [0.5, 0.6) is 5.88 Å². The molecule has 0 saturated heterocycles. The number of pyridine rings is 1. The third-order valence-corrected chi connectivity index (χ3v) is 7.11. The number of H-pyrrole nitrogens is 1. The largest absolute Gasteiger partial charge is 0.478 e. The van der Waals surface area contributed by atoms with Gasteiger partial charge in [-0.05, 0) is 37.8 Å². The first-order chi connectivity index (χ1) is 13.5. The van der Waals surface area contributed by atoms with Crippen molar-refractivity contribution in [3.8, 4) is 5.88 Å². The number of anilines is 1. The zero-order chi connectivity index (χ0) is 19.7. The summed E-state index contributed by atoms with van der Waals surface area (Å²) in [5.74, 6) is 1.57. The average molecular weight is 401 g/mol. The van der Waals surface area contributed by atoms with Gasteiger partial charge in [0.15, 0.2) is 9.84 Å². The Morgan fingerprint density at radius 1 is 1.21 bits per heavy atom. The highest BCUT2D eigenvalue weighted by Gasteiger charge is 2.36. The number of aromatic nitrogens is 4. The molecule has 28 heavy (non-hydrogen) atoms. The summed E-state index contributed by atoms with van der Waals surface area (Å²) in [5.41, 5.74) is 0.804. The van der Waals surface area contributed by atoms with Crippen molar-refractivity contribution in [3.05, 3.63) is 36.9 Å². The molecule has 0 radical (unpaired) electrons. The van der Waals surface area contributed by atoms with Crippen molar-refractivity contribution >= 4 is 26.7 Å². The summed E-state index contributed by atoms with van der Waals surface area (Å²) in [6, 6.07) is 5.40. The van der Waals surface area contributed by atoms with Crippen LogP contribution in [-0.2, 0) is 9.84 Å². The number of aromatic amines is 1. The van der Waals surface area contributed by atoms with Crippen LogP contribution in [-0.4, -0.2) is 53.8 Å². The van der Waals surface area contributed by atoms with Gasteiger partial charge in [-0.2, -0.15) is 0 Å². The monoisotopic (exact) mass is 401 g/mol. The molecule has 1 fully saturated rings. The predicted molar refractivity (Wildman–Crippen MR) is 106 cm³/mol. The van der Waals surface area contributed by atoms with Gasteiger partial charge in [0.2, 0.25) is 5.88 Å². The van der Waals surface area contributed by atoms with Gasteiger partial charge in [0.25, 0.3) is 0 Å². The Kier molecular flexibility index (Phi) is 4.92. The van der Waals surface area contributed by atoms with Crippen molar-refractivity contribution in [2.75, 3.05) is 24.3 Å². The van der Waals surface area contributed by atoms with Gasteiger partial charge in [-0.25, -0.2) is 23.4 Å². The molecular weight excluding hydrogens is 378 g/mol. The number of hydrogen-bond acceptors (Lipinski definition) is 7. The van der Waals surface area contributed by atoms with Crippen LogP contribution in [0.4, 0.5) is 5.82 Å². The lowest BCUT2D eigenvalue weighted by Crippen LogP contribution is -2.45. The SMILES string of the molecule is CCOc1ccc(S(=O)(=O)C[C@H]2C[C@@H](N(C)c3ncnc4[nH]ccc34)C2)cn1. The summed E-state index contributed by atoms with van der Waals surface area (Å²) >= 11 is 0. The third-order valence-electron chi connectivity index (χ3n) is 5.24. The molecule has 3 heterocycles. The average Bonchev–Trinajstić information content (AvgIpc) is 3.13. The number of fused-ring (bicyclic) bond motifs is 1. The Morgan fingerprint density at radius 3 is 2.75 bits per heavy atom. The second-order valence-corrected chi connectivity index (χ2v) is 9.12. The van der Waals surface area contributed by atoms with Gasteiger partial charge in [-0.3, -0.25) is 0 Å². The van der Waals surface area contributed by atoms with E-state index in [0.717, 1.165) is 29.7 Å². The summed E-state index contributed by atoms with van der Waals surface area (Å²) in [7, 11) is -1.36. The normalized spacial score (nSPS) is 19.4. The fourth-order valence-corrected chi connectivity index (χ4v) is 5.23. The Hall–Kier alpha value is -2.68. The fourth-order valence-electron chi connectivity index (χ4n) is 3.66. The number of sulfone groups is 1. The molecule has 0 unspecified atom stereocenters. The van der Waals surface area contributed by atoms with E-state index in [2.05, 4.69) is 24.8 Å². The standard InChI is InChI=1S/C19H23N5O3S/c1-3-27-17-5-4-15(10-21-17)28(25,26)11-13-8-14(9-13)24(2)19-16-6-7-20-18(16)22-12-23-19/h4-7,10,12-14H,3,8-9,11H2,1-2H3,(H,20,22,23)/t13-,14+. The van der Waals surface area contributed by atoms with Crippen LogP contribution in [0, 0.1) is 5.92 Å². The van der Waals surface area contributed by atoms with E-state index in [9.17, 15) is 8.42 Å². The maximum absolute atomic E-state index is 12.7. The van der Waals surface area contributed by atoms with Crippen LogP contribution in [0.3, 0.4) is 0 Å². The van der Waals surface area contributed by atoms with Crippen molar-refractivity contribution in [3.63, 3.8) is 0 Å². The lowest BCUT2D eigenvalue weighted by Gasteiger charge is -2.41. The van der Waals surface area contributed by atoms with Crippen molar-refractivity contribution < 1.29 is 13.2 Å². The topological polar surface area (TPSA) is 101 Å². The molecule has 0 spiro atoms. The maximum atomic E-state index is 12.7. The molecule has 1 saturated carbocycles. The molecule has 1 aliphatic carbocycles. The molecule has 3 aromatic heterocycles. The maximum Gasteiger partial charge on any atom is 0.213 e. The molecule has 0 aliphatic heterocycles. The predicted octanol–water partition coefficient (Wildman–Crippen LogP) is 2.44. The highest BCUT2D eigenvalue weighted by molar-refractivity contribution is 7.91. The van der Waals surface area contributed by atoms with Crippen LogP contribution in [0.1, 0.15) is 19.8 Å². The minimum atomic E-state index is -3.36. The van der Waals surface area contributed by atoms with Gasteiger partial charge in [-0.1, -0.05) is 0 Å². The van der Waals surface area contributed by atoms with E-state index >= 15 is 0 Å². The first-order valence-electron chi connectivity index (χ1n) is 9.30. The fraction of sp³-hybridized carbons (Fsp3) is 0.421. The van der Waals surface area contributed by atoms with E-state index < -0.39 is 9.84 Å². The second-order valence-electron chi connectivity index (χ2n) is 7.09. The van der Waals surface area contributed by atoms with Crippen molar-refractivity contribution in [1.29, 1.82) is 0 Å². The zero-order valence-electron chi connectivity index (χ0n) is 15.9. The second kappa shape index (κ2) is 7.38. The summed E-state index contributed by atoms with van der Waals surface area (Å²) in [6.45, 7) is 2.36. The van der Waals surface area contributed by atoms with Crippen LogP contribution >= 0.6 is 0 Å². The van der Waals surface area contributed by atoms with E-state index in [4.69, 9.17) is 4.74 Å². The first kappa shape index (κ1) is 18.7. The molecule has 4 rings (SSSR count). The first-order valence-corrected chi connectivity index (χ1v) is 11.0. The van der Waals surface area contributed by atoms with Crippen molar-refractivity contribution in [2.24, 2.45) is 5.92 Å².